The number of amides is 2. The van der Waals surface area contributed by atoms with Crippen LogP contribution in [0.3, 0.4) is 0 Å². The number of carbonyl (C=O) groups is 2. The number of thioether (sulfide) groups is 1. The summed E-state index contributed by atoms with van der Waals surface area (Å²) < 4.78 is 28.1. The van der Waals surface area contributed by atoms with Crippen LogP contribution in [0, 0.1) is 5.92 Å². The molecule has 1 saturated heterocycles. The van der Waals surface area contributed by atoms with Gasteiger partial charge >= 0.3 is 0 Å². The molecule has 1 atom stereocenters. The molecule has 1 aromatic carbocycles. The molecule has 1 N–H and O–H groups in total. The molecule has 0 bridgehead atoms. The minimum Gasteiger partial charge on any atom is -0.339 e. The minimum absolute atomic E-state index is 0.152. The first kappa shape index (κ1) is 24.1. The van der Waals surface area contributed by atoms with Crippen molar-refractivity contribution in [2.45, 2.75) is 49.5 Å². The number of rotatable bonds is 9. The molecule has 9 heteroatoms. The van der Waals surface area contributed by atoms with Crippen LogP contribution in [0.4, 0.5) is 0 Å². The minimum atomic E-state index is -3.78. The smallest absolute Gasteiger partial charge is 0.241 e. The maximum atomic E-state index is 13.2. The van der Waals surface area contributed by atoms with Gasteiger partial charge in [-0.25, -0.2) is 8.42 Å². The summed E-state index contributed by atoms with van der Waals surface area (Å²) >= 11 is 1.58. The normalized spacial score (nSPS) is 18.9. The first-order valence-corrected chi connectivity index (χ1v) is 13.9. The molecule has 31 heavy (non-hydrogen) atoms. The van der Waals surface area contributed by atoms with E-state index in [0.29, 0.717) is 50.7 Å². The number of piperazine rings is 1. The van der Waals surface area contributed by atoms with Crippen LogP contribution in [0.2, 0.25) is 0 Å². The van der Waals surface area contributed by atoms with Gasteiger partial charge in [0.15, 0.2) is 0 Å². The van der Waals surface area contributed by atoms with Gasteiger partial charge in [0.1, 0.15) is 6.04 Å². The van der Waals surface area contributed by atoms with E-state index in [9.17, 15) is 18.0 Å². The van der Waals surface area contributed by atoms with Crippen molar-refractivity contribution < 1.29 is 18.0 Å². The van der Waals surface area contributed by atoms with Gasteiger partial charge in [-0.15, -0.1) is 0 Å². The second kappa shape index (κ2) is 11.3. The van der Waals surface area contributed by atoms with Crippen molar-refractivity contribution in [2.75, 3.05) is 38.2 Å². The Morgan fingerprint density at radius 1 is 1.06 bits per heavy atom. The number of carbonyl (C=O) groups excluding carboxylic acids is 2. The molecule has 2 fully saturated rings. The zero-order valence-electron chi connectivity index (χ0n) is 18.2. The fraction of sp³-hybridized carbons (Fsp3) is 0.636. The van der Waals surface area contributed by atoms with Crippen LogP contribution in [0.5, 0.6) is 0 Å². The monoisotopic (exact) mass is 467 g/mol. The van der Waals surface area contributed by atoms with E-state index < -0.39 is 16.1 Å². The van der Waals surface area contributed by atoms with Crippen LogP contribution in [0.25, 0.3) is 0 Å². The van der Waals surface area contributed by atoms with E-state index in [-0.39, 0.29) is 16.7 Å². The molecule has 1 aliphatic carbocycles. The summed E-state index contributed by atoms with van der Waals surface area (Å²) in [4.78, 5) is 29.4. The van der Waals surface area contributed by atoms with Crippen LogP contribution in [-0.4, -0.2) is 74.3 Å². The third kappa shape index (κ3) is 6.70. The Bertz CT molecular complexity index is 834. The van der Waals surface area contributed by atoms with Gasteiger partial charge in [0.2, 0.25) is 21.8 Å². The predicted molar refractivity (Wildman–Crippen MR) is 123 cm³/mol. The highest BCUT2D eigenvalue weighted by Crippen LogP contribution is 2.28. The van der Waals surface area contributed by atoms with E-state index in [1.54, 1.807) is 34.9 Å². The third-order valence-corrected chi connectivity index (χ3v) is 8.27. The highest BCUT2D eigenvalue weighted by Gasteiger charge is 2.32. The van der Waals surface area contributed by atoms with E-state index in [1.165, 1.54) is 25.0 Å². The average Bonchev–Trinajstić information content (AvgIpc) is 3.30. The quantitative estimate of drug-likeness (QED) is 0.602. The van der Waals surface area contributed by atoms with Gasteiger partial charge in [0.05, 0.1) is 4.90 Å². The molecule has 1 aliphatic heterocycles. The lowest BCUT2D eigenvalue weighted by Crippen LogP contribution is -2.56. The Morgan fingerprint density at radius 2 is 1.68 bits per heavy atom. The zero-order valence-corrected chi connectivity index (χ0v) is 19.8. The Kier molecular flexibility index (Phi) is 8.80. The molecule has 1 saturated carbocycles. The van der Waals surface area contributed by atoms with Gasteiger partial charge < -0.3 is 9.80 Å². The van der Waals surface area contributed by atoms with Crippen molar-refractivity contribution >= 4 is 33.6 Å². The second-order valence-electron chi connectivity index (χ2n) is 8.33. The molecular weight excluding hydrogens is 434 g/mol. The van der Waals surface area contributed by atoms with Gasteiger partial charge in [-0.1, -0.05) is 31.0 Å². The van der Waals surface area contributed by atoms with E-state index >= 15 is 0 Å². The van der Waals surface area contributed by atoms with Crippen molar-refractivity contribution in [3.8, 4) is 0 Å². The van der Waals surface area contributed by atoms with Crippen molar-refractivity contribution in [2.24, 2.45) is 5.92 Å². The summed E-state index contributed by atoms with van der Waals surface area (Å²) in [5, 5.41) is 0. The molecule has 1 aromatic rings. The lowest BCUT2D eigenvalue weighted by Gasteiger charge is -2.37. The Balaban J connectivity index is 1.58. The Labute approximate surface area is 190 Å². The van der Waals surface area contributed by atoms with Crippen molar-refractivity contribution in [3.05, 3.63) is 30.3 Å². The lowest BCUT2D eigenvalue weighted by atomic mass is 10.0. The molecule has 2 amide bonds. The third-order valence-electron chi connectivity index (χ3n) is 6.14. The summed E-state index contributed by atoms with van der Waals surface area (Å²) in [6, 6.07) is 7.31. The molecule has 7 nitrogen and oxygen atoms in total. The Morgan fingerprint density at radius 3 is 2.29 bits per heavy atom. The predicted octanol–water partition coefficient (Wildman–Crippen LogP) is 2.34. The molecule has 0 aromatic heterocycles. The molecule has 1 heterocycles. The number of nitrogens with one attached hydrogen (secondary N) is 1. The van der Waals surface area contributed by atoms with Gasteiger partial charge in [0.25, 0.3) is 0 Å². The summed E-state index contributed by atoms with van der Waals surface area (Å²) in [5.74, 6) is 1.16. The van der Waals surface area contributed by atoms with Gasteiger partial charge in [-0.05, 0) is 49.3 Å². The molecule has 0 spiro atoms. The summed E-state index contributed by atoms with van der Waals surface area (Å²) in [6.07, 6.45) is 7.69. The number of hydrogen-bond acceptors (Lipinski definition) is 5. The van der Waals surface area contributed by atoms with Crippen LogP contribution >= 0.6 is 11.8 Å². The van der Waals surface area contributed by atoms with Gasteiger partial charge in [0, 0.05) is 32.6 Å². The van der Waals surface area contributed by atoms with Gasteiger partial charge in [-0.2, -0.15) is 16.5 Å². The molecular formula is C22H33N3O4S2. The maximum absolute atomic E-state index is 13.2. The topological polar surface area (TPSA) is 86.8 Å². The van der Waals surface area contributed by atoms with E-state index in [1.807, 2.05) is 11.2 Å². The maximum Gasteiger partial charge on any atom is 0.241 e. The first-order chi connectivity index (χ1) is 14.9. The average molecular weight is 468 g/mol. The fourth-order valence-electron chi connectivity index (χ4n) is 4.31. The molecule has 3 rings (SSSR count). The summed E-state index contributed by atoms with van der Waals surface area (Å²) in [7, 11) is -3.78. The van der Waals surface area contributed by atoms with Crippen molar-refractivity contribution in [1.29, 1.82) is 0 Å². The lowest BCUT2D eigenvalue weighted by molar-refractivity contribution is -0.141. The molecule has 0 radical (unpaired) electrons. The summed E-state index contributed by atoms with van der Waals surface area (Å²) in [6.45, 7) is 1.91. The standard InChI is InChI=1S/C22H33N3O4S2/c1-30-16-11-20(23-31(28,29)19-9-3-2-4-10-19)22(27)25-14-12-24(13-15-25)21(26)17-18-7-5-6-8-18/h2-4,9-10,18,20,23H,5-8,11-17H2,1H3. The van der Waals surface area contributed by atoms with Crippen molar-refractivity contribution in [3.63, 3.8) is 0 Å². The number of benzene rings is 1. The number of nitrogens with zero attached hydrogens (tertiary/aromatic N) is 2. The number of sulfonamides is 1. The molecule has 172 valence electrons. The molecule has 1 unspecified atom stereocenters. The Hall–Kier alpha value is -1.58. The SMILES string of the molecule is CSCCC(NS(=O)(=O)c1ccccc1)C(=O)N1CCN(C(=O)CC2CCCC2)CC1. The molecule has 2 aliphatic rings. The van der Waals surface area contributed by atoms with Crippen LogP contribution in [0.1, 0.15) is 38.5 Å². The van der Waals surface area contributed by atoms with Crippen LogP contribution in [-0.2, 0) is 19.6 Å². The number of hydrogen-bond donors (Lipinski definition) is 1. The van der Waals surface area contributed by atoms with Gasteiger partial charge in [-0.3, -0.25) is 9.59 Å². The first-order valence-electron chi connectivity index (χ1n) is 11.0. The zero-order chi connectivity index (χ0) is 22.3. The van der Waals surface area contributed by atoms with E-state index in [4.69, 9.17) is 0 Å². The highest BCUT2D eigenvalue weighted by atomic mass is 32.2. The van der Waals surface area contributed by atoms with Crippen molar-refractivity contribution in [1.82, 2.24) is 14.5 Å². The largest absolute Gasteiger partial charge is 0.339 e. The fourth-order valence-corrected chi connectivity index (χ4v) is 6.03. The van der Waals surface area contributed by atoms with Crippen LogP contribution in [0.15, 0.2) is 35.2 Å². The summed E-state index contributed by atoms with van der Waals surface area (Å²) in [5.41, 5.74) is 0. The van der Waals surface area contributed by atoms with Crippen LogP contribution < -0.4 is 4.72 Å². The van der Waals surface area contributed by atoms with E-state index in [0.717, 1.165) is 12.8 Å². The highest BCUT2D eigenvalue weighted by molar-refractivity contribution is 7.98. The van der Waals surface area contributed by atoms with E-state index in [2.05, 4.69) is 4.72 Å². The second-order valence-corrected chi connectivity index (χ2v) is 11.0.